The second-order valence-corrected chi connectivity index (χ2v) is 6.90. The summed E-state index contributed by atoms with van der Waals surface area (Å²) in [6, 6.07) is 4.51. The number of likely N-dealkylation sites (N-methyl/N-ethyl adjacent to an activating group) is 1. The molecule has 1 atom stereocenters. The number of imidazole rings is 1. The van der Waals surface area contributed by atoms with Crippen LogP contribution in [0.2, 0.25) is 0 Å². The molecule has 114 valence electrons. The van der Waals surface area contributed by atoms with E-state index in [0.717, 1.165) is 26.2 Å². The summed E-state index contributed by atoms with van der Waals surface area (Å²) in [6.07, 6.45) is 9.74. The summed E-state index contributed by atoms with van der Waals surface area (Å²) in [4.78, 5) is 9.25. The van der Waals surface area contributed by atoms with Crippen LogP contribution in [0.4, 0.5) is 0 Å². The average molecular weight is 305 g/mol. The zero-order valence-corrected chi connectivity index (χ0v) is 13.4. The van der Waals surface area contributed by atoms with Crippen LogP contribution in [-0.4, -0.2) is 34.7 Å². The Morgan fingerprint density at radius 3 is 3.14 bits per heavy atom. The lowest BCUT2D eigenvalue weighted by molar-refractivity contribution is 0.0172. The summed E-state index contributed by atoms with van der Waals surface area (Å²) in [5, 5.41) is 0. The lowest BCUT2D eigenvalue weighted by Gasteiger charge is -2.21. The molecule has 0 spiro atoms. The highest BCUT2D eigenvalue weighted by molar-refractivity contribution is 7.12. The lowest BCUT2D eigenvalue weighted by Crippen LogP contribution is -2.22. The molecular formula is C16H23N3OS. The molecule has 0 radical (unpaired) electrons. The number of thiophene rings is 1. The third kappa shape index (κ3) is 4.15. The average Bonchev–Trinajstić information content (AvgIpc) is 3.17. The Bertz CT molecular complexity index is 531. The minimum absolute atomic E-state index is 0.341. The standard InChI is InChI=1S/C16H23N3OS/c1-18(9-10-19-8-7-17-13-19)12-14-5-6-16(21-14)15-4-2-3-11-20-15/h5-8,13,15H,2-4,9-12H2,1H3/t15-/m1/s1. The maximum atomic E-state index is 5.87. The van der Waals surface area contributed by atoms with Crippen molar-refractivity contribution in [2.45, 2.75) is 38.5 Å². The Balaban J connectivity index is 1.49. The fourth-order valence-electron chi connectivity index (χ4n) is 2.67. The second-order valence-electron chi connectivity index (χ2n) is 5.70. The summed E-state index contributed by atoms with van der Waals surface area (Å²) in [7, 11) is 2.17. The van der Waals surface area contributed by atoms with E-state index < -0.39 is 0 Å². The van der Waals surface area contributed by atoms with Crippen molar-refractivity contribution in [3.8, 4) is 0 Å². The van der Waals surface area contributed by atoms with Crippen LogP contribution in [0, 0.1) is 0 Å². The van der Waals surface area contributed by atoms with Crippen LogP contribution >= 0.6 is 11.3 Å². The van der Waals surface area contributed by atoms with E-state index in [1.165, 1.54) is 29.0 Å². The van der Waals surface area contributed by atoms with Crippen LogP contribution in [0.1, 0.15) is 35.1 Å². The van der Waals surface area contributed by atoms with Crippen molar-refractivity contribution in [2.75, 3.05) is 20.2 Å². The molecule has 1 fully saturated rings. The van der Waals surface area contributed by atoms with Gasteiger partial charge in [-0.15, -0.1) is 11.3 Å². The molecule has 0 N–H and O–H groups in total. The molecule has 1 saturated heterocycles. The lowest BCUT2D eigenvalue weighted by atomic mass is 10.1. The smallest absolute Gasteiger partial charge is 0.0946 e. The highest BCUT2D eigenvalue weighted by Crippen LogP contribution is 2.32. The minimum atomic E-state index is 0.341. The normalized spacial score (nSPS) is 19.2. The molecule has 2 aromatic heterocycles. The van der Waals surface area contributed by atoms with Crippen molar-refractivity contribution in [3.63, 3.8) is 0 Å². The van der Waals surface area contributed by atoms with Gasteiger partial charge in [-0.2, -0.15) is 0 Å². The number of aromatic nitrogens is 2. The zero-order chi connectivity index (χ0) is 14.5. The van der Waals surface area contributed by atoms with Gasteiger partial charge < -0.3 is 9.30 Å². The van der Waals surface area contributed by atoms with E-state index in [0.29, 0.717) is 6.10 Å². The van der Waals surface area contributed by atoms with Gasteiger partial charge in [0.25, 0.3) is 0 Å². The molecule has 1 aliphatic rings. The second kappa shape index (κ2) is 7.20. The van der Waals surface area contributed by atoms with Gasteiger partial charge in [-0.3, -0.25) is 4.90 Å². The molecule has 5 heteroatoms. The first-order valence-corrected chi connectivity index (χ1v) is 8.47. The zero-order valence-electron chi connectivity index (χ0n) is 12.6. The van der Waals surface area contributed by atoms with Crippen molar-refractivity contribution < 1.29 is 4.74 Å². The third-order valence-electron chi connectivity index (χ3n) is 3.90. The number of rotatable bonds is 6. The molecule has 3 heterocycles. The summed E-state index contributed by atoms with van der Waals surface area (Å²) in [6.45, 7) is 3.94. The predicted molar refractivity (Wildman–Crippen MR) is 85.4 cm³/mol. The van der Waals surface area contributed by atoms with Crippen LogP contribution in [-0.2, 0) is 17.8 Å². The Morgan fingerprint density at radius 2 is 2.38 bits per heavy atom. The van der Waals surface area contributed by atoms with Crippen LogP contribution in [0.25, 0.3) is 0 Å². The van der Waals surface area contributed by atoms with Crippen LogP contribution in [0.5, 0.6) is 0 Å². The van der Waals surface area contributed by atoms with Gasteiger partial charge >= 0.3 is 0 Å². The SMILES string of the molecule is CN(CCn1ccnc1)Cc1ccc([C@H]2CCCCO2)s1. The van der Waals surface area contributed by atoms with Gasteiger partial charge in [0.1, 0.15) is 0 Å². The maximum Gasteiger partial charge on any atom is 0.0946 e. The third-order valence-corrected chi connectivity index (χ3v) is 5.07. The molecule has 0 unspecified atom stereocenters. The van der Waals surface area contributed by atoms with E-state index in [2.05, 4.69) is 33.6 Å². The summed E-state index contributed by atoms with van der Waals surface area (Å²) in [5.41, 5.74) is 0. The fourth-order valence-corrected chi connectivity index (χ4v) is 3.85. The Hall–Kier alpha value is -1.17. The van der Waals surface area contributed by atoms with E-state index in [1.54, 1.807) is 0 Å². The predicted octanol–water partition coefficient (Wildman–Crippen LogP) is 3.32. The molecule has 1 aliphatic heterocycles. The van der Waals surface area contributed by atoms with Gasteiger partial charge in [0.05, 0.1) is 12.4 Å². The molecule has 0 aliphatic carbocycles. The largest absolute Gasteiger partial charge is 0.373 e. The summed E-state index contributed by atoms with van der Waals surface area (Å²) < 4.78 is 7.98. The van der Waals surface area contributed by atoms with Crippen molar-refractivity contribution in [3.05, 3.63) is 40.6 Å². The first kappa shape index (κ1) is 14.8. The van der Waals surface area contributed by atoms with Crippen molar-refractivity contribution >= 4 is 11.3 Å². The topological polar surface area (TPSA) is 30.3 Å². The highest BCUT2D eigenvalue weighted by atomic mass is 32.1. The van der Waals surface area contributed by atoms with Gasteiger partial charge in [0.15, 0.2) is 0 Å². The first-order valence-electron chi connectivity index (χ1n) is 7.66. The monoisotopic (exact) mass is 305 g/mol. The molecule has 21 heavy (non-hydrogen) atoms. The molecule has 4 nitrogen and oxygen atoms in total. The van der Waals surface area contributed by atoms with Crippen LogP contribution < -0.4 is 0 Å². The molecule has 0 saturated carbocycles. The Kier molecular flexibility index (Phi) is 5.06. The number of hydrogen-bond donors (Lipinski definition) is 0. The molecular weight excluding hydrogens is 282 g/mol. The van der Waals surface area contributed by atoms with E-state index in [9.17, 15) is 0 Å². The highest BCUT2D eigenvalue weighted by Gasteiger charge is 2.18. The minimum Gasteiger partial charge on any atom is -0.373 e. The van der Waals surface area contributed by atoms with E-state index in [1.807, 2.05) is 30.1 Å². The summed E-state index contributed by atoms with van der Waals surface area (Å²) >= 11 is 1.91. The first-order chi connectivity index (χ1) is 10.3. The van der Waals surface area contributed by atoms with Crippen molar-refractivity contribution in [2.24, 2.45) is 0 Å². The van der Waals surface area contributed by atoms with Crippen molar-refractivity contribution in [1.29, 1.82) is 0 Å². The fraction of sp³-hybridized carbons (Fsp3) is 0.562. The Labute approximate surface area is 130 Å². The molecule has 0 bridgehead atoms. The number of nitrogens with zero attached hydrogens (tertiary/aromatic N) is 3. The van der Waals surface area contributed by atoms with E-state index in [4.69, 9.17) is 4.74 Å². The molecule has 0 aromatic carbocycles. The summed E-state index contributed by atoms with van der Waals surface area (Å²) in [5.74, 6) is 0. The number of hydrogen-bond acceptors (Lipinski definition) is 4. The molecule has 0 amide bonds. The maximum absolute atomic E-state index is 5.87. The van der Waals surface area contributed by atoms with Gasteiger partial charge in [-0.05, 0) is 38.4 Å². The van der Waals surface area contributed by atoms with Crippen LogP contribution in [0.15, 0.2) is 30.9 Å². The van der Waals surface area contributed by atoms with Gasteiger partial charge in [-0.1, -0.05) is 0 Å². The van der Waals surface area contributed by atoms with Crippen LogP contribution in [0.3, 0.4) is 0 Å². The van der Waals surface area contributed by atoms with Gasteiger partial charge in [-0.25, -0.2) is 4.98 Å². The number of ether oxygens (including phenoxy) is 1. The Morgan fingerprint density at radius 1 is 1.43 bits per heavy atom. The van der Waals surface area contributed by atoms with E-state index in [-0.39, 0.29) is 0 Å². The van der Waals surface area contributed by atoms with Crippen molar-refractivity contribution in [1.82, 2.24) is 14.5 Å². The van der Waals surface area contributed by atoms with E-state index >= 15 is 0 Å². The quantitative estimate of drug-likeness (QED) is 0.820. The molecule has 2 aromatic rings. The van der Waals surface area contributed by atoms with Gasteiger partial charge in [0.2, 0.25) is 0 Å². The van der Waals surface area contributed by atoms with Gasteiger partial charge in [0, 0.05) is 48.4 Å². The molecule has 3 rings (SSSR count).